The highest BCUT2D eigenvalue weighted by Gasteiger charge is 2.18. The number of rotatable bonds is 4. The molecular weight excluding hydrogens is 390 g/mol. The van der Waals surface area contributed by atoms with Gasteiger partial charge in [-0.05, 0) is 108 Å². The highest BCUT2D eigenvalue weighted by atomic mass is 32.2. The summed E-state index contributed by atoms with van der Waals surface area (Å²) in [7, 11) is 2.14. The Hall–Kier alpha value is -1.79. The van der Waals surface area contributed by atoms with Crippen LogP contribution in [-0.2, 0) is 0 Å². The van der Waals surface area contributed by atoms with Gasteiger partial charge < -0.3 is 15.4 Å². The summed E-state index contributed by atoms with van der Waals surface area (Å²) in [5.74, 6) is 0. The quantitative estimate of drug-likeness (QED) is 0.476. The number of aliphatic hydroxyl groups excluding tert-OH is 1. The lowest BCUT2D eigenvalue weighted by Crippen LogP contribution is -2.32. The van der Waals surface area contributed by atoms with Crippen molar-refractivity contribution in [3.05, 3.63) is 54.2 Å². The average molecular weight is 426 g/mol. The van der Waals surface area contributed by atoms with Gasteiger partial charge in [0.15, 0.2) is 0 Å². The summed E-state index contributed by atoms with van der Waals surface area (Å²) in [4.78, 5) is 4.65. The van der Waals surface area contributed by atoms with Crippen LogP contribution < -0.4 is 5.32 Å². The smallest absolute Gasteiger partial charge is 0.0584 e. The number of benzene rings is 2. The third-order valence-electron chi connectivity index (χ3n) is 5.49. The fraction of sp³-hybridized carbons (Fsp3) is 0.440. The zero-order valence-electron chi connectivity index (χ0n) is 18.8. The molecule has 3 aromatic rings. The highest BCUT2D eigenvalue weighted by Crippen LogP contribution is 2.32. The summed E-state index contributed by atoms with van der Waals surface area (Å²) >= 11 is 1.79. The lowest BCUT2D eigenvalue weighted by Gasteiger charge is -2.30. The van der Waals surface area contributed by atoms with Gasteiger partial charge in [0.1, 0.15) is 0 Å². The normalized spacial score (nSPS) is 16.7. The van der Waals surface area contributed by atoms with E-state index in [9.17, 15) is 0 Å². The minimum absolute atomic E-state index is 0.141. The molecule has 1 unspecified atom stereocenters. The Bertz CT molecular complexity index is 954. The molecule has 2 heterocycles. The Morgan fingerprint density at radius 3 is 2.50 bits per heavy atom. The Morgan fingerprint density at radius 1 is 1.10 bits per heavy atom. The molecule has 4 rings (SSSR count). The maximum absolute atomic E-state index is 8.50. The number of aliphatic hydroxyl groups is 1. The second-order valence-electron chi connectivity index (χ2n) is 9.02. The van der Waals surface area contributed by atoms with E-state index in [-0.39, 0.29) is 5.54 Å². The molecule has 1 saturated heterocycles. The molecule has 0 spiro atoms. The SMILES string of the molecule is Cc1cc2cc(-c3cccc(SN(C)C(C)(C)C)c3)ccc2[nH]1.OCC1CCCN1. The third kappa shape index (κ3) is 6.11. The second-order valence-corrected chi connectivity index (χ2v) is 10.2. The molecule has 0 saturated carbocycles. The second kappa shape index (κ2) is 10.0. The number of hydrogen-bond acceptors (Lipinski definition) is 4. The van der Waals surface area contributed by atoms with Crippen molar-refractivity contribution in [3.8, 4) is 11.1 Å². The Balaban J connectivity index is 0.000000310. The molecule has 4 nitrogen and oxygen atoms in total. The first kappa shape index (κ1) is 22.9. The molecule has 0 radical (unpaired) electrons. The number of nitrogens with zero attached hydrogens (tertiary/aromatic N) is 1. The van der Waals surface area contributed by atoms with E-state index in [0.717, 1.165) is 13.0 Å². The largest absolute Gasteiger partial charge is 0.395 e. The molecule has 1 aromatic heterocycles. The predicted octanol–water partition coefficient (Wildman–Crippen LogP) is 5.61. The van der Waals surface area contributed by atoms with Crippen LogP contribution in [0, 0.1) is 6.92 Å². The fourth-order valence-electron chi connectivity index (χ4n) is 3.40. The molecular formula is C25H35N3OS. The van der Waals surface area contributed by atoms with Gasteiger partial charge in [-0.2, -0.15) is 0 Å². The first-order valence-electron chi connectivity index (χ1n) is 10.7. The molecule has 162 valence electrons. The minimum Gasteiger partial charge on any atom is -0.395 e. The number of aromatic amines is 1. The molecule has 30 heavy (non-hydrogen) atoms. The first-order valence-corrected chi connectivity index (χ1v) is 11.5. The number of fused-ring (bicyclic) bond motifs is 1. The van der Waals surface area contributed by atoms with E-state index < -0.39 is 0 Å². The topological polar surface area (TPSA) is 51.3 Å². The van der Waals surface area contributed by atoms with Gasteiger partial charge in [0.05, 0.1) is 6.61 Å². The number of H-pyrrole nitrogens is 1. The summed E-state index contributed by atoms with van der Waals surface area (Å²) in [5.41, 5.74) is 5.07. The molecule has 0 bridgehead atoms. The molecule has 3 N–H and O–H groups in total. The number of aryl methyl sites for hydroxylation is 1. The van der Waals surface area contributed by atoms with Crippen molar-refractivity contribution in [1.82, 2.24) is 14.6 Å². The molecule has 5 heteroatoms. The van der Waals surface area contributed by atoms with Crippen LogP contribution in [-0.4, -0.2) is 46.2 Å². The zero-order chi connectivity index (χ0) is 21.7. The van der Waals surface area contributed by atoms with Crippen molar-refractivity contribution in [2.75, 3.05) is 20.2 Å². The van der Waals surface area contributed by atoms with Crippen LogP contribution in [0.25, 0.3) is 22.0 Å². The predicted molar refractivity (Wildman–Crippen MR) is 130 cm³/mol. The molecule has 1 fully saturated rings. The molecule has 1 aliphatic rings. The fourth-order valence-corrected chi connectivity index (χ4v) is 4.31. The molecule has 0 amide bonds. The van der Waals surface area contributed by atoms with E-state index in [1.165, 1.54) is 39.0 Å². The average Bonchev–Trinajstić information content (AvgIpc) is 3.35. The van der Waals surface area contributed by atoms with Crippen molar-refractivity contribution >= 4 is 22.9 Å². The third-order valence-corrected chi connectivity index (χ3v) is 6.78. The lowest BCUT2D eigenvalue weighted by molar-refractivity contribution is 0.255. The number of aromatic nitrogens is 1. The van der Waals surface area contributed by atoms with Crippen molar-refractivity contribution in [3.63, 3.8) is 0 Å². The first-order chi connectivity index (χ1) is 14.3. The van der Waals surface area contributed by atoms with E-state index in [2.05, 4.69) is 97.9 Å². The van der Waals surface area contributed by atoms with E-state index in [1.54, 1.807) is 11.9 Å². The van der Waals surface area contributed by atoms with E-state index in [1.807, 2.05) is 0 Å². The summed E-state index contributed by atoms with van der Waals surface area (Å²) in [6.45, 7) is 10.2. The van der Waals surface area contributed by atoms with Gasteiger partial charge in [0, 0.05) is 33.1 Å². The van der Waals surface area contributed by atoms with Crippen LogP contribution in [0.1, 0.15) is 39.3 Å². The van der Waals surface area contributed by atoms with Crippen molar-refractivity contribution in [1.29, 1.82) is 0 Å². The van der Waals surface area contributed by atoms with Crippen LogP contribution in [0.5, 0.6) is 0 Å². The summed E-state index contributed by atoms with van der Waals surface area (Å²) in [6, 6.07) is 18.0. The van der Waals surface area contributed by atoms with Crippen molar-refractivity contribution in [2.45, 2.75) is 57.0 Å². The highest BCUT2D eigenvalue weighted by molar-refractivity contribution is 7.97. The number of hydrogen-bond donors (Lipinski definition) is 3. The standard InChI is InChI=1S/C20H24N2S.C5H11NO/c1-14-11-17-12-16(9-10-19(17)21-14)15-7-6-8-18(13-15)23-22(5)20(2,3)4;7-4-5-2-1-3-6-5/h6-13,21H,1-5H3;5-7H,1-4H2. The van der Waals surface area contributed by atoms with Gasteiger partial charge >= 0.3 is 0 Å². The van der Waals surface area contributed by atoms with Gasteiger partial charge in [0.25, 0.3) is 0 Å². The summed E-state index contributed by atoms with van der Waals surface area (Å²) < 4.78 is 2.30. The van der Waals surface area contributed by atoms with Crippen molar-refractivity contribution in [2.24, 2.45) is 0 Å². The van der Waals surface area contributed by atoms with Gasteiger partial charge in [0.2, 0.25) is 0 Å². The van der Waals surface area contributed by atoms with Crippen LogP contribution in [0.3, 0.4) is 0 Å². The molecule has 2 aromatic carbocycles. The van der Waals surface area contributed by atoms with E-state index >= 15 is 0 Å². The molecule has 1 aliphatic heterocycles. The minimum atomic E-state index is 0.141. The Morgan fingerprint density at radius 2 is 1.87 bits per heavy atom. The van der Waals surface area contributed by atoms with Crippen LogP contribution in [0.4, 0.5) is 0 Å². The van der Waals surface area contributed by atoms with E-state index in [4.69, 9.17) is 5.11 Å². The van der Waals surface area contributed by atoms with Crippen LogP contribution in [0.15, 0.2) is 53.4 Å². The summed E-state index contributed by atoms with van der Waals surface area (Å²) in [5, 5.41) is 12.9. The Kier molecular flexibility index (Phi) is 7.64. The van der Waals surface area contributed by atoms with Crippen molar-refractivity contribution < 1.29 is 5.11 Å². The maximum Gasteiger partial charge on any atom is 0.0584 e. The van der Waals surface area contributed by atoms with Gasteiger partial charge in [-0.25, -0.2) is 4.31 Å². The number of nitrogens with one attached hydrogen (secondary N) is 2. The molecule has 0 aliphatic carbocycles. The lowest BCUT2D eigenvalue weighted by atomic mass is 10.0. The molecule has 1 atom stereocenters. The van der Waals surface area contributed by atoms with Crippen LogP contribution in [0.2, 0.25) is 0 Å². The zero-order valence-corrected chi connectivity index (χ0v) is 19.6. The maximum atomic E-state index is 8.50. The monoisotopic (exact) mass is 425 g/mol. The Labute approximate surface area is 185 Å². The van der Waals surface area contributed by atoms with E-state index in [0.29, 0.717) is 12.6 Å². The summed E-state index contributed by atoms with van der Waals surface area (Å²) in [6.07, 6.45) is 2.38. The van der Waals surface area contributed by atoms with Gasteiger partial charge in [-0.15, -0.1) is 0 Å². The van der Waals surface area contributed by atoms with Gasteiger partial charge in [-0.3, -0.25) is 0 Å². The van der Waals surface area contributed by atoms with Crippen LogP contribution >= 0.6 is 11.9 Å². The van der Waals surface area contributed by atoms with Gasteiger partial charge in [-0.1, -0.05) is 18.2 Å².